The Balaban J connectivity index is 1.04. The molecule has 0 saturated heterocycles. The van der Waals surface area contributed by atoms with Crippen LogP contribution in [0.2, 0.25) is 0 Å². The van der Waals surface area contributed by atoms with E-state index >= 15 is 0 Å². The van der Waals surface area contributed by atoms with Crippen molar-refractivity contribution in [2.45, 2.75) is 0 Å². The molecule has 0 aliphatic rings. The predicted molar refractivity (Wildman–Crippen MR) is 236 cm³/mol. The van der Waals surface area contributed by atoms with Gasteiger partial charge in [0.2, 0.25) is 0 Å². The minimum Gasteiger partial charge on any atom is -0.456 e. The number of furan rings is 1. The highest BCUT2D eigenvalue weighted by Gasteiger charge is 2.21. The Labute approximate surface area is 330 Å². The fourth-order valence-corrected chi connectivity index (χ4v) is 9.65. The van der Waals surface area contributed by atoms with Gasteiger partial charge >= 0.3 is 0 Å². The minimum atomic E-state index is 0.600. The van der Waals surface area contributed by atoms with Crippen LogP contribution in [-0.2, 0) is 0 Å². The summed E-state index contributed by atoms with van der Waals surface area (Å²) in [5.41, 5.74) is 10.1. The van der Waals surface area contributed by atoms with Gasteiger partial charge in [0, 0.05) is 70.2 Å². The van der Waals surface area contributed by atoms with Crippen LogP contribution in [0.5, 0.6) is 0 Å². The Bertz CT molecular complexity index is 3530. The molecule has 0 saturated carbocycles. The molecule has 4 heterocycles. The summed E-state index contributed by atoms with van der Waals surface area (Å²) >= 11 is 1.79. The molecule has 0 amide bonds. The molecule has 8 aromatic carbocycles. The van der Waals surface area contributed by atoms with Gasteiger partial charge in [-0.3, -0.25) is 0 Å². The Morgan fingerprint density at radius 2 is 1.04 bits per heavy atom. The standard InChI is InChI=1S/C51H30N4OS/c1-3-13-31(14-4-1)35-19-11-22-42-47(35)38-18-7-9-21-41(38)55(42)34-26-28-39-44(30-34)56-43-23-12-20-40(48(39)43)51-53-49(32-15-5-2-6-16-32)52-50(54-51)33-25-27-37-36-17-8-10-24-45(36)57-46(37)29-33/h1-30H. The summed E-state index contributed by atoms with van der Waals surface area (Å²) in [5, 5.41) is 6.93. The van der Waals surface area contributed by atoms with Gasteiger partial charge in [-0.25, -0.2) is 15.0 Å². The first-order chi connectivity index (χ1) is 28.2. The number of fused-ring (bicyclic) bond motifs is 9. The average Bonchev–Trinajstić information content (AvgIpc) is 3.96. The number of para-hydroxylation sites is 1. The molecule has 0 atom stereocenters. The first kappa shape index (κ1) is 31.9. The van der Waals surface area contributed by atoms with Crippen molar-refractivity contribution in [2.75, 3.05) is 0 Å². The highest BCUT2D eigenvalue weighted by Crippen LogP contribution is 2.42. The van der Waals surface area contributed by atoms with E-state index in [-0.39, 0.29) is 0 Å². The molecule has 12 aromatic rings. The maximum atomic E-state index is 6.69. The minimum absolute atomic E-state index is 0.600. The smallest absolute Gasteiger partial charge is 0.164 e. The number of benzene rings is 8. The predicted octanol–water partition coefficient (Wildman–Crippen LogP) is 13.9. The first-order valence-corrected chi connectivity index (χ1v) is 19.8. The third kappa shape index (κ3) is 5.04. The third-order valence-electron chi connectivity index (χ3n) is 11.1. The van der Waals surface area contributed by atoms with Crippen LogP contribution in [0, 0.1) is 0 Å². The molecule has 0 N–H and O–H groups in total. The zero-order chi connectivity index (χ0) is 37.5. The van der Waals surface area contributed by atoms with E-state index in [1.54, 1.807) is 11.3 Å². The highest BCUT2D eigenvalue weighted by atomic mass is 32.1. The maximum Gasteiger partial charge on any atom is 0.164 e. The van der Waals surface area contributed by atoms with Gasteiger partial charge in [0.05, 0.1) is 11.0 Å². The lowest BCUT2D eigenvalue weighted by Gasteiger charge is -2.10. The van der Waals surface area contributed by atoms with Crippen molar-refractivity contribution in [3.63, 3.8) is 0 Å². The van der Waals surface area contributed by atoms with Gasteiger partial charge in [0.15, 0.2) is 17.5 Å². The Morgan fingerprint density at radius 3 is 1.89 bits per heavy atom. The molecule has 0 radical (unpaired) electrons. The molecule has 5 nitrogen and oxygen atoms in total. The van der Waals surface area contributed by atoms with E-state index in [0.29, 0.717) is 17.5 Å². The van der Waals surface area contributed by atoms with Crippen molar-refractivity contribution < 1.29 is 4.42 Å². The van der Waals surface area contributed by atoms with Crippen molar-refractivity contribution in [3.05, 3.63) is 182 Å². The largest absolute Gasteiger partial charge is 0.456 e. The fourth-order valence-electron chi connectivity index (χ4n) is 8.50. The van der Waals surface area contributed by atoms with Crippen LogP contribution >= 0.6 is 11.3 Å². The molecule has 4 aromatic heterocycles. The lowest BCUT2D eigenvalue weighted by molar-refractivity contribution is 0.668. The van der Waals surface area contributed by atoms with E-state index in [0.717, 1.165) is 55.3 Å². The second-order valence-corrected chi connectivity index (χ2v) is 15.4. The normalized spacial score (nSPS) is 11.9. The van der Waals surface area contributed by atoms with Crippen LogP contribution in [0.1, 0.15) is 0 Å². The van der Waals surface area contributed by atoms with Crippen molar-refractivity contribution in [2.24, 2.45) is 0 Å². The number of hydrogen-bond acceptors (Lipinski definition) is 5. The zero-order valence-corrected chi connectivity index (χ0v) is 31.2. The molecule has 0 bridgehead atoms. The molecule has 6 heteroatoms. The first-order valence-electron chi connectivity index (χ1n) is 19.0. The number of rotatable bonds is 5. The molecule has 0 aliphatic heterocycles. The summed E-state index contributed by atoms with van der Waals surface area (Å²) in [6.07, 6.45) is 0. The Kier molecular flexibility index (Phi) is 7.03. The Morgan fingerprint density at radius 1 is 0.386 bits per heavy atom. The Hall–Kier alpha value is -7.41. The molecule has 0 fully saturated rings. The van der Waals surface area contributed by atoms with E-state index in [2.05, 4.69) is 144 Å². The highest BCUT2D eigenvalue weighted by molar-refractivity contribution is 7.25. The number of hydrogen-bond donors (Lipinski definition) is 0. The fraction of sp³-hybridized carbons (Fsp3) is 0. The second kappa shape index (κ2) is 12.6. The van der Waals surface area contributed by atoms with E-state index in [1.807, 2.05) is 42.5 Å². The summed E-state index contributed by atoms with van der Waals surface area (Å²) in [4.78, 5) is 15.4. The summed E-state index contributed by atoms with van der Waals surface area (Å²) in [7, 11) is 0. The van der Waals surface area contributed by atoms with Gasteiger partial charge in [-0.05, 0) is 53.6 Å². The summed E-state index contributed by atoms with van der Waals surface area (Å²) < 4.78 is 11.5. The van der Waals surface area contributed by atoms with Gasteiger partial charge in [0.25, 0.3) is 0 Å². The molecule has 0 aliphatic carbocycles. The topological polar surface area (TPSA) is 56.7 Å². The van der Waals surface area contributed by atoms with Crippen LogP contribution in [0.4, 0.5) is 0 Å². The van der Waals surface area contributed by atoms with Crippen molar-refractivity contribution in [3.8, 4) is 51.0 Å². The SMILES string of the molecule is c1ccc(-c2nc(-c3ccc4c(c3)sc3ccccc34)nc(-c3cccc4oc5cc(-n6c7ccccc7c7c(-c8ccccc8)cccc76)ccc5c34)n2)cc1. The van der Waals surface area contributed by atoms with Crippen LogP contribution < -0.4 is 0 Å². The lowest BCUT2D eigenvalue weighted by atomic mass is 9.99. The number of aromatic nitrogens is 4. The van der Waals surface area contributed by atoms with Crippen molar-refractivity contribution in [1.29, 1.82) is 0 Å². The molecular formula is C51H30N4OS. The van der Waals surface area contributed by atoms with Gasteiger partial charge in [-0.1, -0.05) is 133 Å². The molecule has 0 unspecified atom stereocenters. The van der Waals surface area contributed by atoms with Crippen LogP contribution in [0.3, 0.4) is 0 Å². The summed E-state index contributed by atoms with van der Waals surface area (Å²) in [6, 6.07) is 63.8. The maximum absolute atomic E-state index is 6.69. The second-order valence-electron chi connectivity index (χ2n) is 14.4. The number of nitrogens with zero attached hydrogens (tertiary/aromatic N) is 4. The quantitative estimate of drug-likeness (QED) is 0.176. The molecule has 57 heavy (non-hydrogen) atoms. The van der Waals surface area contributed by atoms with Gasteiger partial charge in [-0.2, -0.15) is 0 Å². The molecule has 0 spiro atoms. The van der Waals surface area contributed by atoms with Crippen LogP contribution in [0.25, 0.3) is 115 Å². The van der Waals surface area contributed by atoms with E-state index in [1.165, 1.54) is 42.1 Å². The molecule has 266 valence electrons. The molecule has 12 rings (SSSR count). The van der Waals surface area contributed by atoms with Crippen molar-refractivity contribution >= 4 is 75.3 Å². The zero-order valence-electron chi connectivity index (χ0n) is 30.4. The average molecular weight is 747 g/mol. The molecular weight excluding hydrogens is 717 g/mol. The van der Waals surface area contributed by atoms with Crippen molar-refractivity contribution in [1.82, 2.24) is 19.5 Å². The van der Waals surface area contributed by atoms with E-state index in [9.17, 15) is 0 Å². The van der Waals surface area contributed by atoms with Crippen LogP contribution in [-0.4, -0.2) is 19.5 Å². The lowest BCUT2D eigenvalue weighted by Crippen LogP contribution is -2.00. The third-order valence-corrected chi connectivity index (χ3v) is 12.2. The number of thiophene rings is 1. The van der Waals surface area contributed by atoms with Gasteiger partial charge in [0.1, 0.15) is 11.2 Å². The van der Waals surface area contributed by atoms with Gasteiger partial charge < -0.3 is 8.98 Å². The monoisotopic (exact) mass is 746 g/mol. The van der Waals surface area contributed by atoms with E-state index in [4.69, 9.17) is 19.4 Å². The van der Waals surface area contributed by atoms with E-state index < -0.39 is 0 Å². The summed E-state index contributed by atoms with van der Waals surface area (Å²) in [5.74, 6) is 1.86. The van der Waals surface area contributed by atoms with Crippen LogP contribution in [0.15, 0.2) is 186 Å². The summed E-state index contributed by atoms with van der Waals surface area (Å²) in [6.45, 7) is 0. The van der Waals surface area contributed by atoms with Gasteiger partial charge in [-0.15, -0.1) is 11.3 Å².